The van der Waals surface area contributed by atoms with E-state index >= 15 is 0 Å². The molecule has 1 saturated heterocycles. The van der Waals surface area contributed by atoms with Gasteiger partial charge in [-0.1, -0.05) is 18.2 Å². The minimum atomic E-state index is 0.450. The molecule has 0 aromatic heterocycles. The Bertz CT molecular complexity index is 287. The molecule has 1 unspecified atom stereocenters. The van der Waals surface area contributed by atoms with Crippen LogP contribution in [0.25, 0.3) is 0 Å². The molecule has 1 N–H and O–H groups in total. The Morgan fingerprint density at radius 1 is 1.40 bits per heavy atom. The lowest BCUT2D eigenvalue weighted by atomic mass is 10.2. The van der Waals surface area contributed by atoms with E-state index in [4.69, 9.17) is 4.74 Å². The van der Waals surface area contributed by atoms with Gasteiger partial charge < -0.3 is 15.0 Å². The van der Waals surface area contributed by atoms with Crippen molar-refractivity contribution in [1.29, 1.82) is 0 Å². The fourth-order valence-electron chi connectivity index (χ4n) is 2.02. The number of morpholine rings is 1. The van der Waals surface area contributed by atoms with Gasteiger partial charge in [0.25, 0.3) is 0 Å². The predicted molar refractivity (Wildman–Crippen MR) is 62.3 cm³/mol. The molecular formula is C12H18N2O. The maximum Gasteiger partial charge on any atom is 0.0683 e. The zero-order valence-electron chi connectivity index (χ0n) is 9.15. The highest BCUT2D eigenvalue weighted by molar-refractivity contribution is 5.47. The second kappa shape index (κ2) is 5.14. The highest BCUT2D eigenvalue weighted by Crippen LogP contribution is 2.18. The Labute approximate surface area is 91.0 Å². The summed E-state index contributed by atoms with van der Waals surface area (Å²) in [5.74, 6) is 0. The van der Waals surface area contributed by atoms with Crippen LogP contribution in [0.3, 0.4) is 0 Å². The van der Waals surface area contributed by atoms with Crippen molar-refractivity contribution in [1.82, 2.24) is 5.32 Å². The molecule has 0 amide bonds. The summed E-state index contributed by atoms with van der Waals surface area (Å²) >= 11 is 0. The van der Waals surface area contributed by atoms with E-state index in [1.165, 1.54) is 5.69 Å². The fourth-order valence-corrected chi connectivity index (χ4v) is 2.02. The molecule has 3 heteroatoms. The van der Waals surface area contributed by atoms with Crippen LogP contribution in [0, 0.1) is 0 Å². The molecule has 0 bridgehead atoms. The molecule has 0 spiro atoms. The molecule has 0 radical (unpaired) electrons. The lowest BCUT2D eigenvalue weighted by molar-refractivity contribution is 0.0943. The Morgan fingerprint density at radius 2 is 2.20 bits per heavy atom. The molecule has 1 aliphatic heterocycles. The summed E-state index contributed by atoms with van der Waals surface area (Å²) in [6, 6.07) is 11.0. The first-order valence-corrected chi connectivity index (χ1v) is 5.46. The third kappa shape index (κ3) is 2.49. The van der Waals surface area contributed by atoms with Crippen LogP contribution in [0.1, 0.15) is 0 Å². The van der Waals surface area contributed by atoms with E-state index in [1.807, 2.05) is 7.05 Å². The molecule has 82 valence electrons. The van der Waals surface area contributed by atoms with E-state index in [0.717, 1.165) is 26.3 Å². The lowest BCUT2D eigenvalue weighted by Gasteiger charge is -2.37. The summed E-state index contributed by atoms with van der Waals surface area (Å²) in [4.78, 5) is 2.42. The van der Waals surface area contributed by atoms with Crippen molar-refractivity contribution in [3.05, 3.63) is 30.3 Å². The smallest absolute Gasteiger partial charge is 0.0683 e. The largest absolute Gasteiger partial charge is 0.377 e. The Hall–Kier alpha value is -1.06. The van der Waals surface area contributed by atoms with Gasteiger partial charge in [0.05, 0.1) is 19.3 Å². The number of para-hydroxylation sites is 1. The highest BCUT2D eigenvalue weighted by Gasteiger charge is 2.22. The van der Waals surface area contributed by atoms with Gasteiger partial charge in [-0.3, -0.25) is 0 Å². The van der Waals surface area contributed by atoms with Crippen LogP contribution in [0.2, 0.25) is 0 Å². The van der Waals surface area contributed by atoms with Gasteiger partial charge in [0, 0.05) is 18.8 Å². The van der Waals surface area contributed by atoms with Crippen LogP contribution in [0.5, 0.6) is 0 Å². The average molecular weight is 206 g/mol. The van der Waals surface area contributed by atoms with E-state index < -0.39 is 0 Å². The molecule has 1 fully saturated rings. The van der Waals surface area contributed by atoms with Crippen molar-refractivity contribution >= 4 is 5.69 Å². The SMILES string of the molecule is CNCC1COCCN1c1ccccc1. The van der Waals surface area contributed by atoms with E-state index in [2.05, 4.69) is 40.5 Å². The van der Waals surface area contributed by atoms with Crippen molar-refractivity contribution < 1.29 is 4.74 Å². The predicted octanol–water partition coefficient (Wildman–Crippen LogP) is 1.11. The van der Waals surface area contributed by atoms with Gasteiger partial charge in [-0.05, 0) is 19.2 Å². The number of anilines is 1. The van der Waals surface area contributed by atoms with Crippen LogP contribution in [0.4, 0.5) is 5.69 Å². The molecule has 1 heterocycles. The quantitative estimate of drug-likeness (QED) is 0.802. The Morgan fingerprint density at radius 3 is 2.93 bits per heavy atom. The molecule has 0 aliphatic carbocycles. The van der Waals surface area contributed by atoms with E-state index in [1.54, 1.807) is 0 Å². The van der Waals surface area contributed by atoms with Crippen LogP contribution >= 0.6 is 0 Å². The van der Waals surface area contributed by atoms with Gasteiger partial charge >= 0.3 is 0 Å². The fraction of sp³-hybridized carbons (Fsp3) is 0.500. The molecular weight excluding hydrogens is 188 g/mol. The van der Waals surface area contributed by atoms with Crippen LogP contribution in [-0.4, -0.2) is 39.4 Å². The molecule has 1 atom stereocenters. The Balaban J connectivity index is 2.11. The van der Waals surface area contributed by atoms with Gasteiger partial charge in [-0.15, -0.1) is 0 Å². The normalized spacial score (nSPS) is 21.7. The average Bonchev–Trinajstić information content (AvgIpc) is 2.31. The highest BCUT2D eigenvalue weighted by atomic mass is 16.5. The number of ether oxygens (including phenoxy) is 1. The summed E-state index contributed by atoms with van der Waals surface area (Å²) in [6.07, 6.45) is 0. The maximum atomic E-state index is 5.50. The van der Waals surface area contributed by atoms with Gasteiger partial charge in [0.15, 0.2) is 0 Å². The van der Waals surface area contributed by atoms with Crippen molar-refractivity contribution in [2.45, 2.75) is 6.04 Å². The zero-order chi connectivity index (χ0) is 10.5. The van der Waals surface area contributed by atoms with Crippen molar-refractivity contribution in [2.75, 3.05) is 38.3 Å². The number of rotatable bonds is 3. The molecule has 15 heavy (non-hydrogen) atoms. The minimum Gasteiger partial charge on any atom is -0.377 e. The summed E-state index contributed by atoms with van der Waals surface area (Å²) in [7, 11) is 1.98. The van der Waals surface area contributed by atoms with Crippen molar-refractivity contribution in [3.63, 3.8) is 0 Å². The summed E-state index contributed by atoms with van der Waals surface area (Å²) in [5, 5.41) is 3.22. The molecule has 3 nitrogen and oxygen atoms in total. The standard InChI is InChI=1S/C12H18N2O/c1-13-9-12-10-15-8-7-14(12)11-5-3-2-4-6-11/h2-6,12-13H,7-10H2,1H3. The van der Waals surface area contributed by atoms with Crippen LogP contribution in [-0.2, 0) is 4.74 Å². The van der Waals surface area contributed by atoms with Crippen molar-refractivity contribution in [3.8, 4) is 0 Å². The number of nitrogens with one attached hydrogen (secondary N) is 1. The third-order valence-corrected chi connectivity index (χ3v) is 2.76. The zero-order valence-corrected chi connectivity index (χ0v) is 9.15. The summed E-state index contributed by atoms with van der Waals surface area (Å²) in [5.41, 5.74) is 1.29. The molecule has 2 rings (SSSR count). The first-order chi connectivity index (χ1) is 7.42. The van der Waals surface area contributed by atoms with Gasteiger partial charge in [-0.2, -0.15) is 0 Å². The minimum absolute atomic E-state index is 0.450. The molecule has 1 aromatic rings. The third-order valence-electron chi connectivity index (χ3n) is 2.76. The number of hydrogen-bond acceptors (Lipinski definition) is 3. The van der Waals surface area contributed by atoms with Crippen LogP contribution in [0.15, 0.2) is 30.3 Å². The molecule has 1 aliphatic rings. The van der Waals surface area contributed by atoms with E-state index in [-0.39, 0.29) is 0 Å². The van der Waals surface area contributed by atoms with Gasteiger partial charge in [0.1, 0.15) is 0 Å². The second-order valence-corrected chi connectivity index (χ2v) is 3.82. The van der Waals surface area contributed by atoms with E-state index in [0.29, 0.717) is 6.04 Å². The van der Waals surface area contributed by atoms with Gasteiger partial charge in [0.2, 0.25) is 0 Å². The number of benzene rings is 1. The molecule has 0 saturated carbocycles. The summed E-state index contributed by atoms with van der Waals surface area (Å²) < 4.78 is 5.50. The molecule has 1 aromatic carbocycles. The first-order valence-electron chi connectivity index (χ1n) is 5.46. The monoisotopic (exact) mass is 206 g/mol. The Kier molecular flexibility index (Phi) is 3.59. The van der Waals surface area contributed by atoms with Gasteiger partial charge in [-0.25, -0.2) is 0 Å². The second-order valence-electron chi connectivity index (χ2n) is 3.82. The van der Waals surface area contributed by atoms with Crippen molar-refractivity contribution in [2.24, 2.45) is 0 Å². The number of likely N-dealkylation sites (N-methyl/N-ethyl adjacent to an activating group) is 1. The van der Waals surface area contributed by atoms with Crippen LogP contribution < -0.4 is 10.2 Å². The van der Waals surface area contributed by atoms with E-state index in [9.17, 15) is 0 Å². The first kappa shape index (κ1) is 10.5. The summed E-state index contributed by atoms with van der Waals surface area (Å²) in [6.45, 7) is 3.59. The lowest BCUT2D eigenvalue weighted by Crippen LogP contribution is -2.50. The maximum absolute atomic E-state index is 5.50. The topological polar surface area (TPSA) is 24.5 Å². The number of nitrogens with zero attached hydrogens (tertiary/aromatic N) is 1. The number of hydrogen-bond donors (Lipinski definition) is 1.